The number of aliphatic hydroxyl groups excluding tert-OH is 1. The average molecular weight is 329 g/mol. The van der Waals surface area contributed by atoms with Gasteiger partial charge in [0.1, 0.15) is 6.10 Å². The highest BCUT2D eigenvalue weighted by molar-refractivity contribution is 5.66. The van der Waals surface area contributed by atoms with Gasteiger partial charge in [0.25, 0.3) is 5.69 Å². The number of nitrogens with zero attached hydrogens (tertiary/aromatic N) is 1. The quantitative estimate of drug-likeness (QED) is 0.530. The van der Waals surface area contributed by atoms with Crippen molar-refractivity contribution < 1.29 is 19.5 Å². The third-order valence-electron chi connectivity index (χ3n) is 4.62. The maximum Gasteiger partial charge on any atom is 0.269 e. The molecule has 0 radical (unpaired) electrons. The Balaban J connectivity index is 2.01. The molecule has 0 aliphatic heterocycles. The zero-order valence-electron chi connectivity index (χ0n) is 13.6. The monoisotopic (exact) mass is 329 g/mol. The largest absolute Gasteiger partial charge is 0.387 e. The van der Waals surface area contributed by atoms with Crippen molar-refractivity contribution in [1.82, 2.24) is 0 Å². The minimum absolute atomic E-state index is 0.0672. The molecule has 0 spiro atoms. The van der Waals surface area contributed by atoms with Crippen LogP contribution in [-0.4, -0.2) is 30.4 Å². The van der Waals surface area contributed by atoms with Crippen LogP contribution in [0.15, 0.2) is 42.5 Å². The lowest BCUT2D eigenvalue weighted by molar-refractivity contribution is -0.384. The number of benzene rings is 2. The average Bonchev–Trinajstić information content (AvgIpc) is 2.62. The summed E-state index contributed by atoms with van der Waals surface area (Å²) in [6, 6.07) is 12.3. The number of fused-ring (bicyclic) bond motifs is 1. The molecule has 6 nitrogen and oxygen atoms in total. The lowest BCUT2D eigenvalue weighted by atomic mass is 9.82. The van der Waals surface area contributed by atoms with Gasteiger partial charge in [0, 0.05) is 31.9 Å². The van der Waals surface area contributed by atoms with Gasteiger partial charge in [-0.3, -0.25) is 10.1 Å². The summed E-state index contributed by atoms with van der Waals surface area (Å²) in [5, 5.41) is 21.1. The Kier molecular flexibility index (Phi) is 4.36. The number of hydrogen-bond acceptors (Lipinski definition) is 5. The molecular formula is C18H19NO5. The van der Waals surface area contributed by atoms with Gasteiger partial charge in [-0.05, 0) is 41.7 Å². The highest BCUT2D eigenvalue weighted by atomic mass is 16.7. The third-order valence-corrected chi connectivity index (χ3v) is 4.62. The number of aliphatic hydroxyl groups is 1. The fourth-order valence-electron chi connectivity index (χ4n) is 3.33. The van der Waals surface area contributed by atoms with Gasteiger partial charge in [0.15, 0.2) is 0 Å². The van der Waals surface area contributed by atoms with Crippen LogP contribution in [0.25, 0.3) is 11.1 Å². The Morgan fingerprint density at radius 1 is 1.12 bits per heavy atom. The molecule has 0 heterocycles. The van der Waals surface area contributed by atoms with Crippen LogP contribution in [0, 0.1) is 10.1 Å². The van der Waals surface area contributed by atoms with Crippen LogP contribution in [0.5, 0.6) is 0 Å². The first kappa shape index (κ1) is 16.6. The number of hydrogen-bond donors (Lipinski definition) is 1. The molecule has 0 fully saturated rings. The van der Waals surface area contributed by atoms with Crippen molar-refractivity contribution in [1.29, 1.82) is 0 Å². The second-order valence-corrected chi connectivity index (χ2v) is 5.81. The van der Waals surface area contributed by atoms with E-state index in [9.17, 15) is 15.2 Å². The fourth-order valence-corrected chi connectivity index (χ4v) is 3.33. The normalized spacial score (nSPS) is 18.9. The van der Waals surface area contributed by atoms with Crippen molar-refractivity contribution in [3.8, 4) is 11.1 Å². The van der Waals surface area contributed by atoms with Crippen molar-refractivity contribution in [3.63, 3.8) is 0 Å². The van der Waals surface area contributed by atoms with Crippen LogP contribution in [0.2, 0.25) is 0 Å². The Morgan fingerprint density at radius 3 is 2.33 bits per heavy atom. The minimum atomic E-state index is -1.15. The standard InChI is InChI=1S/C18H19NO5/c1-23-18(24-2)16-9-5-13(11-14(16)6-10-17(18)20)12-3-7-15(8-4-12)19(21)22/h3-5,7-9,11,17,20H,6,10H2,1-2H3. The van der Waals surface area contributed by atoms with Crippen molar-refractivity contribution in [2.75, 3.05) is 14.2 Å². The number of nitro benzene ring substituents is 1. The van der Waals surface area contributed by atoms with E-state index in [4.69, 9.17) is 9.47 Å². The topological polar surface area (TPSA) is 81.8 Å². The molecule has 126 valence electrons. The minimum Gasteiger partial charge on any atom is -0.387 e. The molecule has 1 aliphatic carbocycles. The number of aryl methyl sites for hydroxylation is 1. The van der Waals surface area contributed by atoms with E-state index >= 15 is 0 Å². The lowest BCUT2D eigenvalue weighted by Gasteiger charge is -2.40. The van der Waals surface area contributed by atoms with E-state index in [-0.39, 0.29) is 5.69 Å². The van der Waals surface area contributed by atoms with Gasteiger partial charge in [-0.1, -0.05) is 18.2 Å². The van der Waals surface area contributed by atoms with Crippen molar-refractivity contribution in [2.45, 2.75) is 24.7 Å². The van der Waals surface area contributed by atoms with Gasteiger partial charge in [0.2, 0.25) is 5.79 Å². The van der Waals surface area contributed by atoms with Crippen LogP contribution in [0.4, 0.5) is 5.69 Å². The molecule has 0 bridgehead atoms. The second kappa shape index (κ2) is 6.32. The van der Waals surface area contributed by atoms with Gasteiger partial charge >= 0.3 is 0 Å². The zero-order valence-corrected chi connectivity index (χ0v) is 13.6. The van der Waals surface area contributed by atoms with Crippen LogP contribution in [-0.2, 0) is 21.7 Å². The first-order valence-electron chi connectivity index (χ1n) is 7.68. The van der Waals surface area contributed by atoms with E-state index in [0.717, 1.165) is 22.3 Å². The summed E-state index contributed by atoms with van der Waals surface area (Å²) in [7, 11) is 3.04. The Labute approximate surface area is 139 Å². The predicted octanol–water partition coefficient (Wildman–Crippen LogP) is 3.01. The molecule has 0 saturated heterocycles. The second-order valence-electron chi connectivity index (χ2n) is 5.81. The molecule has 24 heavy (non-hydrogen) atoms. The van der Waals surface area contributed by atoms with Crippen molar-refractivity contribution in [2.24, 2.45) is 0 Å². The maximum atomic E-state index is 10.8. The van der Waals surface area contributed by atoms with Gasteiger partial charge in [0.05, 0.1) is 4.92 Å². The van der Waals surface area contributed by atoms with Crippen molar-refractivity contribution >= 4 is 5.69 Å². The molecular weight excluding hydrogens is 310 g/mol. The molecule has 0 aromatic heterocycles. The van der Waals surface area contributed by atoms with Gasteiger partial charge in [-0.25, -0.2) is 0 Å². The molecule has 0 amide bonds. The number of non-ortho nitro benzene ring substituents is 1. The first-order chi connectivity index (χ1) is 11.5. The number of nitro groups is 1. The molecule has 1 unspecified atom stereocenters. The highest BCUT2D eigenvalue weighted by Gasteiger charge is 2.44. The summed E-state index contributed by atoms with van der Waals surface area (Å²) in [5.74, 6) is -1.15. The molecule has 6 heteroatoms. The van der Waals surface area contributed by atoms with E-state index in [1.54, 1.807) is 12.1 Å². The van der Waals surface area contributed by atoms with Crippen LogP contribution >= 0.6 is 0 Å². The summed E-state index contributed by atoms with van der Waals surface area (Å²) in [6.07, 6.45) is 0.523. The summed E-state index contributed by atoms with van der Waals surface area (Å²) in [6.45, 7) is 0. The molecule has 1 atom stereocenters. The summed E-state index contributed by atoms with van der Waals surface area (Å²) >= 11 is 0. The van der Waals surface area contributed by atoms with Gasteiger partial charge < -0.3 is 14.6 Å². The first-order valence-corrected chi connectivity index (χ1v) is 7.68. The Hall–Kier alpha value is -2.28. The summed E-state index contributed by atoms with van der Waals surface area (Å²) in [4.78, 5) is 10.3. The third kappa shape index (κ3) is 2.58. The lowest BCUT2D eigenvalue weighted by Crippen LogP contribution is -2.46. The number of ether oxygens (including phenoxy) is 2. The number of rotatable bonds is 4. The molecule has 2 aromatic carbocycles. The van der Waals surface area contributed by atoms with Crippen LogP contribution < -0.4 is 0 Å². The van der Waals surface area contributed by atoms with E-state index in [1.165, 1.54) is 26.4 Å². The Bertz CT molecular complexity index is 753. The van der Waals surface area contributed by atoms with E-state index < -0.39 is 16.8 Å². The van der Waals surface area contributed by atoms with Gasteiger partial charge in [-0.15, -0.1) is 0 Å². The van der Waals surface area contributed by atoms with Gasteiger partial charge in [-0.2, -0.15) is 0 Å². The fraction of sp³-hybridized carbons (Fsp3) is 0.333. The maximum absolute atomic E-state index is 10.8. The molecule has 3 rings (SSSR count). The number of methoxy groups -OCH3 is 2. The molecule has 1 aliphatic rings. The summed E-state index contributed by atoms with van der Waals surface area (Å²) < 4.78 is 11.0. The zero-order chi connectivity index (χ0) is 17.3. The van der Waals surface area contributed by atoms with E-state index in [2.05, 4.69) is 0 Å². The smallest absolute Gasteiger partial charge is 0.269 e. The highest BCUT2D eigenvalue weighted by Crippen LogP contribution is 2.40. The molecule has 1 N–H and O–H groups in total. The SMILES string of the molecule is COC1(OC)c2ccc(-c3ccc([N+](=O)[O-])cc3)cc2CCC1O. The Morgan fingerprint density at radius 2 is 1.75 bits per heavy atom. The van der Waals surface area contributed by atoms with Crippen molar-refractivity contribution in [3.05, 3.63) is 63.7 Å². The molecule has 0 saturated carbocycles. The summed E-state index contributed by atoms with van der Waals surface area (Å²) in [5.41, 5.74) is 3.78. The van der Waals surface area contributed by atoms with E-state index in [1.807, 2.05) is 18.2 Å². The van der Waals surface area contributed by atoms with Crippen LogP contribution in [0.1, 0.15) is 17.5 Å². The van der Waals surface area contributed by atoms with E-state index in [0.29, 0.717) is 12.8 Å². The molecule has 2 aromatic rings. The van der Waals surface area contributed by atoms with Crippen LogP contribution in [0.3, 0.4) is 0 Å². The predicted molar refractivity (Wildman–Crippen MR) is 88.6 cm³/mol.